The maximum absolute atomic E-state index is 12.4. The summed E-state index contributed by atoms with van der Waals surface area (Å²) in [4.78, 5) is 34.7. The number of hydrogen-bond acceptors (Lipinski definition) is 6. The summed E-state index contributed by atoms with van der Waals surface area (Å²) in [5, 5.41) is 0.620. The van der Waals surface area contributed by atoms with Crippen molar-refractivity contribution in [2.75, 3.05) is 5.75 Å². The van der Waals surface area contributed by atoms with Gasteiger partial charge in [-0.3, -0.25) is 9.59 Å². The van der Waals surface area contributed by atoms with E-state index in [0.717, 1.165) is 15.3 Å². The van der Waals surface area contributed by atoms with Gasteiger partial charge in [0.2, 0.25) is 0 Å². The Kier molecular flexibility index (Phi) is 6.25. The van der Waals surface area contributed by atoms with Crippen LogP contribution in [-0.4, -0.2) is 21.7 Å². The Morgan fingerprint density at radius 1 is 1.25 bits per heavy atom. The van der Waals surface area contributed by atoms with Crippen LogP contribution >= 0.6 is 23.1 Å². The molecule has 1 aromatic carbocycles. The van der Waals surface area contributed by atoms with Gasteiger partial charge in [0.25, 0.3) is 5.56 Å². The van der Waals surface area contributed by atoms with Gasteiger partial charge in [0.1, 0.15) is 4.83 Å². The lowest BCUT2D eigenvalue weighted by molar-refractivity contribution is -0.148. The first kappa shape index (κ1) is 20.6. The van der Waals surface area contributed by atoms with Crippen LogP contribution in [0.25, 0.3) is 10.2 Å². The molecule has 2 aromatic heterocycles. The molecule has 5 nitrogen and oxygen atoms in total. The lowest BCUT2D eigenvalue weighted by Crippen LogP contribution is -2.17. The molecule has 0 aliphatic rings. The number of carbonyl (C=O) groups excluding carboxylic acids is 1. The molecule has 0 bridgehead atoms. The smallest absolute Gasteiger partial charge is 0.307 e. The van der Waals surface area contributed by atoms with Crippen LogP contribution in [0.1, 0.15) is 46.8 Å². The zero-order chi connectivity index (χ0) is 20.4. The van der Waals surface area contributed by atoms with Gasteiger partial charge in [0, 0.05) is 15.5 Å². The van der Waals surface area contributed by atoms with Crippen LogP contribution in [0, 0.1) is 27.7 Å². The largest absolute Gasteiger partial charge is 0.454 e. The zero-order valence-corrected chi connectivity index (χ0v) is 18.3. The lowest BCUT2D eigenvalue weighted by atomic mass is 10.1. The number of benzene rings is 1. The highest BCUT2D eigenvalue weighted by Gasteiger charge is 2.18. The van der Waals surface area contributed by atoms with Crippen LogP contribution in [0.15, 0.2) is 27.9 Å². The molecule has 1 N–H and O–H groups in total. The molecule has 2 heterocycles. The number of carbonyl (C=O) groups is 1. The molecule has 0 aliphatic carbocycles. The van der Waals surface area contributed by atoms with E-state index in [1.165, 1.54) is 22.5 Å². The van der Waals surface area contributed by atoms with Crippen molar-refractivity contribution in [2.24, 2.45) is 0 Å². The van der Waals surface area contributed by atoms with Crippen LogP contribution in [0.4, 0.5) is 0 Å². The number of hydrogen-bond donors (Lipinski definition) is 1. The van der Waals surface area contributed by atoms with Crippen molar-refractivity contribution in [1.82, 2.24) is 9.97 Å². The summed E-state index contributed by atoms with van der Waals surface area (Å²) >= 11 is 3.11. The number of nitrogens with one attached hydrogen (secondary N) is 1. The minimum absolute atomic E-state index is 0.185. The fourth-order valence-corrected chi connectivity index (χ4v) is 4.80. The number of esters is 1. The molecule has 0 saturated carbocycles. The molecule has 148 valence electrons. The number of thiophene rings is 1. The van der Waals surface area contributed by atoms with Crippen molar-refractivity contribution in [3.05, 3.63) is 55.9 Å². The first-order valence-electron chi connectivity index (χ1n) is 9.15. The normalized spacial score (nSPS) is 12.3. The second-order valence-corrected chi connectivity index (χ2v) is 9.26. The topological polar surface area (TPSA) is 72.0 Å². The van der Waals surface area contributed by atoms with Gasteiger partial charge < -0.3 is 9.72 Å². The van der Waals surface area contributed by atoms with Crippen molar-refractivity contribution >= 4 is 39.3 Å². The number of ether oxygens (including phenoxy) is 1. The monoisotopic (exact) mass is 416 g/mol. The molecule has 0 amide bonds. The fourth-order valence-electron chi connectivity index (χ4n) is 2.83. The summed E-state index contributed by atoms with van der Waals surface area (Å²) in [5.41, 5.74) is 3.27. The average Bonchev–Trinajstić information content (AvgIpc) is 2.92. The van der Waals surface area contributed by atoms with E-state index in [9.17, 15) is 9.59 Å². The van der Waals surface area contributed by atoms with Gasteiger partial charge in [-0.05, 0) is 63.4 Å². The minimum Gasteiger partial charge on any atom is -0.454 e. The summed E-state index contributed by atoms with van der Waals surface area (Å²) in [6.07, 6.45) is -0.301. The number of nitrogens with zero attached hydrogens (tertiary/aromatic N) is 1. The molecule has 0 unspecified atom stereocenters. The molecular formula is C21H24N2O3S2. The van der Waals surface area contributed by atoms with Gasteiger partial charge in [-0.25, -0.2) is 4.98 Å². The van der Waals surface area contributed by atoms with Gasteiger partial charge >= 0.3 is 5.97 Å². The van der Waals surface area contributed by atoms with E-state index in [2.05, 4.69) is 42.0 Å². The predicted molar refractivity (Wildman–Crippen MR) is 115 cm³/mol. The molecule has 0 aliphatic heterocycles. The average molecular weight is 417 g/mol. The number of aromatic amines is 1. The molecule has 0 fully saturated rings. The quantitative estimate of drug-likeness (QED) is 0.452. The second-order valence-electron chi connectivity index (χ2n) is 6.89. The minimum atomic E-state index is -0.598. The summed E-state index contributed by atoms with van der Waals surface area (Å²) in [6.45, 7) is 9.78. The van der Waals surface area contributed by atoms with Gasteiger partial charge in [0.15, 0.2) is 11.9 Å². The maximum Gasteiger partial charge on any atom is 0.307 e. The van der Waals surface area contributed by atoms with Gasteiger partial charge in [-0.15, -0.1) is 23.1 Å². The molecule has 1 atom stereocenters. The first-order chi connectivity index (χ1) is 13.3. The molecule has 0 radical (unpaired) electrons. The SMILES string of the molecule is Cc1ccc(SCCC(=O)O[C@H](C)c2nc3sc(C)c(C)c3c(=O)[nH]2)cc1C. The number of aryl methyl sites for hydroxylation is 4. The Morgan fingerprint density at radius 2 is 2.00 bits per heavy atom. The number of rotatable bonds is 6. The van der Waals surface area contributed by atoms with Crippen molar-refractivity contribution in [3.8, 4) is 0 Å². The van der Waals surface area contributed by atoms with Gasteiger partial charge in [0.05, 0.1) is 11.8 Å². The van der Waals surface area contributed by atoms with Crippen molar-refractivity contribution in [3.63, 3.8) is 0 Å². The zero-order valence-electron chi connectivity index (χ0n) is 16.7. The fraction of sp³-hybridized carbons (Fsp3) is 0.381. The molecule has 7 heteroatoms. The predicted octanol–water partition coefficient (Wildman–Crippen LogP) is 5.00. The Balaban J connectivity index is 1.60. The van der Waals surface area contributed by atoms with Crippen molar-refractivity contribution in [2.45, 2.75) is 52.0 Å². The third kappa shape index (κ3) is 4.47. The molecule has 3 rings (SSSR count). The van der Waals surface area contributed by atoms with Crippen molar-refractivity contribution in [1.29, 1.82) is 0 Å². The first-order valence-corrected chi connectivity index (χ1v) is 11.0. The van der Waals surface area contributed by atoms with Crippen LogP contribution in [0.5, 0.6) is 0 Å². The Labute approximate surface area is 172 Å². The highest BCUT2D eigenvalue weighted by atomic mass is 32.2. The molecular weight excluding hydrogens is 392 g/mol. The van der Waals surface area contributed by atoms with E-state index < -0.39 is 6.10 Å². The molecule has 3 aromatic rings. The standard InChI is InChI=1S/C21H24N2O3S2/c1-11-6-7-16(10-12(11)2)27-9-8-17(24)26-14(4)19-22-20(25)18-13(3)15(5)28-21(18)23-19/h6-7,10,14H,8-9H2,1-5H3,(H,22,23,25)/t14-/m1/s1. The van der Waals surface area contributed by atoms with Crippen LogP contribution in [0.3, 0.4) is 0 Å². The van der Waals surface area contributed by atoms with Crippen LogP contribution in [0.2, 0.25) is 0 Å². The van der Waals surface area contributed by atoms with Gasteiger partial charge in [-0.2, -0.15) is 0 Å². The number of H-pyrrole nitrogens is 1. The highest BCUT2D eigenvalue weighted by molar-refractivity contribution is 7.99. The van der Waals surface area contributed by atoms with Crippen LogP contribution in [-0.2, 0) is 9.53 Å². The third-order valence-electron chi connectivity index (χ3n) is 4.80. The van der Waals surface area contributed by atoms with E-state index in [0.29, 0.717) is 28.2 Å². The summed E-state index contributed by atoms with van der Waals surface area (Å²) < 4.78 is 5.48. The third-order valence-corrected chi connectivity index (χ3v) is 6.90. The van der Waals surface area contributed by atoms with E-state index in [1.54, 1.807) is 18.7 Å². The van der Waals surface area contributed by atoms with Gasteiger partial charge in [-0.1, -0.05) is 6.07 Å². The number of thioether (sulfide) groups is 1. The number of fused-ring (bicyclic) bond motifs is 1. The molecule has 0 saturated heterocycles. The molecule has 0 spiro atoms. The Morgan fingerprint density at radius 3 is 2.71 bits per heavy atom. The highest BCUT2D eigenvalue weighted by Crippen LogP contribution is 2.27. The summed E-state index contributed by atoms with van der Waals surface area (Å²) in [7, 11) is 0. The van der Waals surface area contributed by atoms with E-state index in [1.807, 2.05) is 13.8 Å². The lowest BCUT2D eigenvalue weighted by Gasteiger charge is -2.12. The van der Waals surface area contributed by atoms with E-state index in [-0.39, 0.29) is 11.5 Å². The van der Waals surface area contributed by atoms with E-state index in [4.69, 9.17) is 4.74 Å². The Hall–Kier alpha value is -2.12. The summed E-state index contributed by atoms with van der Waals surface area (Å²) in [6, 6.07) is 6.28. The second kappa shape index (κ2) is 8.49. The molecule has 28 heavy (non-hydrogen) atoms. The number of aromatic nitrogens is 2. The van der Waals surface area contributed by atoms with E-state index >= 15 is 0 Å². The summed E-state index contributed by atoms with van der Waals surface area (Å²) in [5.74, 6) is 0.722. The van der Waals surface area contributed by atoms with Crippen molar-refractivity contribution < 1.29 is 9.53 Å². The maximum atomic E-state index is 12.4. The Bertz CT molecular complexity index is 1090. The van der Waals surface area contributed by atoms with Crippen LogP contribution < -0.4 is 5.56 Å².